The zero-order valence-electron chi connectivity index (χ0n) is 12.8. The highest BCUT2D eigenvalue weighted by molar-refractivity contribution is 6.32. The van der Waals surface area contributed by atoms with Crippen molar-refractivity contribution in [2.45, 2.75) is 6.42 Å². The summed E-state index contributed by atoms with van der Waals surface area (Å²) in [5.74, 6) is -0.423. The number of aromatic amines is 1. The third-order valence-electron chi connectivity index (χ3n) is 3.40. The van der Waals surface area contributed by atoms with Gasteiger partial charge in [-0.3, -0.25) is 4.79 Å². The van der Waals surface area contributed by atoms with Gasteiger partial charge in [0.15, 0.2) is 17.3 Å². The van der Waals surface area contributed by atoms with E-state index >= 15 is 0 Å². The van der Waals surface area contributed by atoms with Crippen LogP contribution < -0.4 is 10.3 Å². The minimum Gasteiger partial charge on any atom is -0.454 e. The summed E-state index contributed by atoms with van der Waals surface area (Å²) in [6, 6.07) is 12.3. The van der Waals surface area contributed by atoms with E-state index < -0.39 is 5.82 Å². The van der Waals surface area contributed by atoms with Gasteiger partial charge in [-0.2, -0.15) is 5.10 Å². The number of benzene rings is 2. The van der Waals surface area contributed by atoms with Crippen molar-refractivity contribution in [1.82, 2.24) is 10.2 Å². The second kappa shape index (κ2) is 7.16. The van der Waals surface area contributed by atoms with Crippen molar-refractivity contribution < 1.29 is 9.13 Å². The molecule has 1 N–H and O–H groups in total. The zero-order valence-corrected chi connectivity index (χ0v) is 13.5. The molecule has 0 bridgehead atoms. The minimum absolute atomic E-state index is 0.115. The number of aromatic nitrogens is 2. The maximum absolute atomic E-state index is 14.8. The van der Waals surface area contributed by atoms with Crippen LogP contribution in [0.25, 0.3) is 4.85 Å². The van der Waals surface area contributed by atoms with Crippen molar-refractivity contribution in [3.8, 4) is 11.5 Å². The zero-order chi connectivity index (χ0) is 17.8. The lowest BCUT2D eigenvalue weighted by Crippen LogP contribution is -2.08. The SMILES string of the molecule is [C-]#[N+]c1cccc(Oc2c(Cl)ccc(Cc3ccc(=O)[nH]n3)c2F)c1. The summed E-state index contributed by atoms with van der Waals surface area (Å²) in [7, 11) is 0. The van der Waals surface area contributed by atoms with Crippen LogP contribution in [0.5, 0.6) is 11.5 Å². The van der Waals surface area contributed by atoms with E-state index in [2.05, 4.69) is 15.0 Å². The Balaban J connectivity index is 1.93. The Hall–Kier alpha value is -3.17. The number of rotatable bonds is 4. The molecule has 1 heterocycles. The molecule has 5 nitrogen and oxygen atoms in total. The van der Waals surface area contributed by atoms with Gasteiger partial charge < -0.3 is 4.74 Å². The number of hydrogen-bond donors (Lipinski definition) is 1. The lowest BCUT2D eigenvalue weighted by molar-refractivity contribution is 0.439. The molecule has 0 fully saturated rings. The maximum atomic E-state index is 14.8. The number of nitrogens with one attached hydrogen (secondary N) is 1. The molecule has 25 heavy (non-hydrogen) atoms. The van der Waals surface area contributed by atoms with Crippen molar-refractivity contribution in [2.75, 3.05) is 0 Å². The molecule has 0 saturated carbocycles. The molecule has 1 aromatic heterocycles. The first-order valence-electron chi connectivity index (χ1n) is 7.23. The molecule has 3 aromatic rings. The van der Waals surface area contributed by atoms with Gasteiger partial charge in [0.25, 0.3) is 5.56 Å². The minimum atomic E-state index is -0.617. The fourth-order valence-corrected chi connectivity index (χ4v) is 2.39. The van der Waals surface area contributed by atoms with E-state index in [4.69, 9.17) is 22.9 Å². The van der Waals surface area contributed by atoms with E-state index in [-0.39, 0.29) is 22.8 Å². The molecule has 0 atom stereocenters. The van der Waals surface area contributed by atoms with E-state index in [0.717, 1.165) is 0 Å². The molecule has 0 aliphatic rings. The molecule has 7 heteroatoms. The fraction of sp³-hybridized carbons (Fsp3) is 0.0556. The first kappa shape index (κ1) is 16.7. The van der Waals surface area contributed by atoms with Crippen molar-refractivity contribution in [3.63, 3.8) is 0 Å². The highest BCUT2D eigenvalue weighted by atomic mass is 35.5. The highest BCUT2D eigenvalue weighted by Gasteiger charge is 2.16. The average Bonchev–Trinajstić information content (AvgIpc) is 2.63. The molecule has 2 aromatic carbocycles. The van der Waals surface area contributed by atoms with Crippen LogP contribution in [-0.4, -0.2) is 10.2 Å². The van der Waals surface area contributed by atoms with Gasteiger partial charge in [0.2, 0.25) is 0 Å². The predicted octanol–water partition coefficient (Wildman–Crippen LogP) is 4.50. The fourth-order valence-electron chi connectivity index (χ4n) is 2.20. The smallest absolute Gasteiger partial charge is 0.264 e. The Morgan fingerprint density at radius 2 is 2.08 bits per heavy atom. The molecule has 0 spiro atoms. The summed E-state index contributed by atoms with van der Waals surface area (Å²) in [6.07, 6.45) is 0.165. The van der Waals surface area contributed by atoms with Crippen molar-refractivity contribution >= 4 is 17.3 Å². The van der Waals surface area contributed by atoms with Gasteiger partial charge in [-0.1, -0.05) is 29.8 Å². The van der Waals surface area contributed by atoms with Crippen molar-refractivity contribution in [1.29, 1.82) is 0 Å². The van der Waals surface area contributed by atoms with E-state index in [1.54, 1.807) is 18.2 Å². The second-order valence-corrected chi connectivity index (χ2v) is 5.56. The Labute approximate surface area is 147 Å². The summed E-state index contributed by atoms with van der Waals surface area (Å²) in [5.41, 5.74) is 0.869. The van der Waals surface area contributed by atoms with Gasteiger partial charge >= 0.3 is 0 Å². The van der Waals surface area contributed by atoms with Gasteiger partial charge in [0.05, 0.1) is 17.3 Å². The molecule has 0 saturated heterocycles. The molecule has 0 aliphatic carbocycles. The van der Waals surface area contributed by atoms with Gasteiger partial charge in [-0.15, -0.1) is 0 Å². The third-order valence-corrected chi connectivity index (χ3v) is 3.70. The summed E-state index contributed by atoms with van der Waals surface area (Å²) in [5, 5.41) is 6.28. The van der Waals surface area contributed by atoms with Crippen LogP contribution >= 0.6 is 11.6 Å². The lowest BCUT2D eigenvalue weighted by Gasteiger charge is -2.12. The number of halogens is 2. The molecule has 124 valence electrons. The standard InChI is InChI=1S/C18H11ClFN3O2/c1-21-12-3-2-4-14(10-12)25-18-15(19)7-5-11(17(18)20)9-13-6-8-16(24)23-22-13/h2-8,10H,9H2,(H,23,24). The molecular formula is C18H11ClFN3O2. The maximum Gasteiger partial charge on any atom is 0.264 e. The Morgan fingerprint density at radius 1 is 1.24 bits per heavy atom. The van der Waals surface area contributed by atoms with Crippen LogP contribution in [0.4, 0.5) is 10.1 Å². The Bertz CT molecular complexity index is 1010. The number of hydrogen-bond acceptors (Lipinski definition) is 3. The van der Waals surface area contributed by atoms with Gasteiger partial charge in [-0.25, -0.2) is 14.3 Å². The molecule has 0 amide bonds. The second-order valence-electron chi connectivity index (χ2n) is 5.15. The monoisotopic (exact) mass is 355 g/mol. The Morgan fingerprint density at radius 3 is 2.80 bits per heavy atom. The van der Waals surface area contributed by atoms with Crippen LogP contribution in [0.2, 0.25) is 5.02 Å². The van der Waals surface area contributed by atoms with Crippen LogP contribution in [0.15, 0.2) is 53.3 Å². The molecular weight excluding hydrogens is 345 g/mol. The van der Waals surface area contributed by atoms with Crippen molar-refractivity contribution in [2.24, 2.45) is 0 Å². The molecule has 3 rings (SSSR count). The number of H-pyrrole nitrogens is 1. The highest BCUT2D eigenvalue weighted by Crippen LogP contribution is 2.35. The topological polar surface area (TPSA) is 59.3 Å². The summed E-state index contributed by atoms with van der Waals surface area (Å²) < 4.78 is 20.3. The largest absolute Gasteiger partial charge is 0.454 e. The van der Waals surface area contributed by atoms with Crippen LogP contribution in [0.3, 0.4) is 0 Å². The van der Waals surface area contributed by atoms with Gasteiger partial charge in [-0.05, 0) is 29.8 Å². The van der Waals surface area contributed by atoms with Crippen LogP contribution in [-0.2, 0) is 6.42 Å². The van der Waals surface area contributed by atoms with Gasteiger partial charge in [0, 0.05) is 12.5 Å². The molecule has 0 aliphatic heterocycles. The van der Waals surface area contributed by atoms with Gasteiger partial charge in [0.1, 0.15) is 5.75 Å². The van der Waals surface area contributed by atoms with E-state index in [1.807, 2.05) is 0 Å². The van der Waals surface area contributed by atoms with Crippen LogP contribution in [0.1, 0.15) is 11.3 Å². The van der Waals surface area contributed by atoms with E-state index in [0.29, 0.717) is 22.7 Å². The van der Waals surface area contributed by atoms with E-state index in [9.17, 15) is 9.18 Å². The lowest BCUT2D eigenvalue weighted by atomic mass is 10.1. The Kier molecular flexibility index (Phi) is 4.78. The normalized spacial score (nSPS) is 10.3. The molecule has 0 radical (unpaired) electrons. The summed E-state index contributed by atoms with van der Waals surface area (Å²) in [4.78, 5) is 14.3. The first-order chi connectivity index (χ1) is 12.1. The molecule has 0 unspecified atom stereocenters. The average molecular weight is 356 g/mol. The van der Waals surface area contributed by atoms with Crippen LogP contribution in [0, 0.1) is 12.4 Å². The summed E-state index contributed by atoms with van der Waals surface area (Å²) >= 11 is 6.06. The predicted molar refractivity (Wildman–Crippen MR) is 91.9 cm³/mol. The quantitative estimate of drug-likeness (QED) is 0.701. The summed E-state index contributed by atoms with van der Waals surface area (Å²) in [6.45, 7) is 7.02. The van der Waals surface area contributed by atoms with E-state index in [1.165, 1.54) is 30.3 Å². The number of nitrogens with zero attached hydrogens (tertiary/aromatic N) is 2. The van der Waals surface area contributed by atoms with Crippen molar-refractivity contribution in [3.05, 3.63) is 92.4 Å². The number of ether oxygens (including phenoxy) is 1. The third kappa shape index (κ3) is 3.84. The first-order valence-corrected chi connectivity index (χ1v) is 7.61.